The Kier molecular flexibility index (Phi) is 4.38. The van der Waals surface area contributed by atoms with Crippen LogP contribution >= 0.6 is 0 Å². The molecule has 0 spiro atoms. The summed E-state index contributed by atoms with van der Waals surface area (Å²) < 4.78 is 6.68. The standard InChI is InChI=1S/C16H13N5O4/c1-20-10-12(9-17-18-16(22)11-5-3-2-4-6-11)15(19-20)13-7-8-14(25-13)21(23)24/h2-10H,1H3,(H,18,22). The van der Waals surface area contributed by atoms with Gasteiger partial charge < -0.3 is 4.42 Å². The van der Waals surface area contributed by atoms with Crippen LogP contribution in [0, 0.1) is 10.1 Å². The van der Waals surface area contributed by atoms with Crippen LogP contribution in [0.25, 0.3) is 11.5 Å². The van der Waals surface area contributed by atoms with Gasteiger partial charge in [0.1, 0.15) is 10.6 Å². The molecular formula is C16H13N5O4. The third-order valence-electron chi connectivity index (χ3n) is 3.27. The van der Waals surface area contributed by atoms with Gasteiger partial charge in [0.05, 0.1) is 12.3 Å². The third kappa shape index (κ3) is 3.61. The quantitative estimate of drug-likeness (QED) is 0.435. The Hall–Kier alpha value is -3.75. The topological polar surface area (TPSA) is 116 Å². The number of nitro groups is 1. The van der Waals surface area contributed by atoms with Crippen LogP contribution in [0.3, 0.4) is 0 Å². The molecule has 3 rings (SSSR count). The van der Waals surface area contributed by atoms with Crippen molar-refractivity contribution in [3.05, 3.63) is 69.9 Å². The second kappa shape index (κ2) is 6.79. The molecule has 9 heteroatoms. The van der Waals surface area contributed by atoms with Gasteiger partial charge in [0, 0.05) is 24.4 Å². The predicted molar refractivity (Wildman–Crippen MR) is 89.1 cm³/mol. The molecule has 25 heavy (non-hydrogen) atoms. The third-order valence-corrected chi connectivity index (χ3v) is 3.27. The van der Waals surface area contributed by atoms with E-state index >= 15 is 0 Å². The summed E-state index contributed by atoms with van der Waals surface area (Å²) in [5.41, 5.74) is 3.82. The molecule has 0 saturated carbocycles. The number of hydrogen-bond donors (Lipinski definition) is 1. The van der Waals surface area contributed by atoms with Gasteiger partial charge in [-0.3, -0.25) is 19.6 Å². The summed E-state index contributed by atoms with van der Waals surface area (Å²) in [7, 11) is 1.70. The number of benzene rings is 1. The number of nitrogens with zero attached hydrogens (tertiary/aromatic N) is 4. The van der Waals surface area contributed by atoms with E-state index in [1.165, 1.54) is 23.0 Å². The van der Waals surface area contributed by atoms with E-state index in [1.54, 1.807) is 37.5 Å². The summed E-state index contributed by atoms with van der Waals surface area (Å²) in [5, 5.41) is 18.8. The fourth-order valence-electron chi connectivity index (χ4n) is 2.16. The van der Waals surface area contributed by atoms with Crippen molar-refractivity contribution in [3.8, 4) is 11.5 Å². The van der Waals surface area contributed by atoms with Crippen LogP contribution in [0.5, 0.6) is 0 Å². The van der Waals surface area contributed by atoms with Crippen molar-refractivity contribution in [2.45, 2.75) is 0 Å². The maximum absolute atomic E-state index is 11.9. The second-order valence-electron chi connectivity index (χ2n) is 5.07. The van der Waals surface area contributed by atoms with Crippen LogP contribution in [0.2, 0.25) is 0 Å². The van der Waals surface area contributed by atoms with E-state index in [0.717, 1.165) is 0 Å². The van der Waals surface area contributed by atoms with Crippen LogP contribution in [-0.4, -0.2) is 26.8 Å². The van der Waals surface area contributed by atoms with E-state index in [-0.39, 0.29) is 17.6 Å². The summed E-state index contributed by atoms with van der Waals surface area (Å²) in [6.07, 6.45) is 3.05. The maximum atomic E-state index is 11.9. The number of rotatable bonds is 5. The van der Waals surface area contributed by atoms with Crippen molar-refractivity contribution in [2.75, 3.05) is 0 Å². The second-order valence-corrected chi connectivity index (χ2v) is 5.07. The molecule has 126 valence electrons. The maximum Gasteiger partial charge on any atom is 0.433 e. The highest BCUT2D eigenvalue weighted by Gasteiger charge is 2.17. The van der Waals surface area contributed by atoms with Crippen LogP contribution in [-0.2, 0) is 7.05 Å². The monoisotopic (exact) mass is 339 g/mol. The molecule has 2 heterocycles. The molecule has 1 aromatic carbocycles. The van der Waals surface area contributed by atoms with Crippen LogP contribution < -0.4 is 5.43 Å². The molecule has 0 unspecified atom stereocenters. The van der Waals surface area contributed by atoms with Crippen molar-refractivity contribution in [1.82, 2.24) is 15.2 Å². The molecule has 0 saturated heterocycles. The lowest BCUT2D eigenvalue weighted by atomic mass is 10.2. The lowest BCUT2D eigenvalue weighted by molar-refractivity contribution is -0.401. The summed E-state index contributed by atoms with van der Waals surface area (Å²) in [4.78, 5) is 22.0. The van der Waals surface area contributed by atoms with Gasteiger partial charge in [0.25, 0.3) is 5.91 Å². The molecule has 3 aromatic rings. The minimum atomic E-state index is -0.625. The van der Waals surface area contributed by atoms with E-state index in [2.05, 4.69) is 15.6 Å². The minimum absolute atomic E-state index is 0.239. The van der Waals surface area contributed by atoms with Crippen LogP contribution in [0.1, 0.15) is 15.9 Å². The highest BCUT2D eigenvalue weighted by molar-refractivity contribution is 5.95. The average Bonchev–Trinajstić information content (AvgIpc) is 3.22. The fraction of sp³-hybridized carbons (Fsp3) is 0.0625. The summed E-state index contributed by atoms with van der Waals surface area (Å²) in [6, 6.07) is 11.4. The summed E-state index contributed by atoms with van der Waals surface area (Å²) in [6.45, 7) is 0. The molecule has 0 aliphatic carbocycles. The van der Waals surface area contributed by atoms with Gasteiger partial charge in [0.15, 0.2) is 5.76 Å². The number of carbonyl (C=O) groups excluding carboxylic acids is 1. The highest BCUT2D eigenvalue weighted by Crippen LogP contribution is 2.26. The Morgan fingerprint density at radius 3 is 2.76 bits per heavy atom. The normalized spacial score (nSPS) is 10.9. The molecular weight excluding hydrogens is 326 g/mol. The van der Waals surface area contributed by atoms with Crippen molar-refractivity contribution in [3.63, 3.8) is 0 Å². The molecule has 0 aliphatic rings. The zero-order valence-corrected chi connectivity index (χ0v) is 13.1. The van der Waals surface area contributed by atoms with Gasteiger partial charge in [-0.05, 0) is 18.2 Å². The molecule has 0 fully saturated rings. The lowest BCUT2D eigenvalue weighted by Gasteiger charge is -1.98. The summed E-state index contributed by atoms with van der Waals surface area (Å²) in [5.74, 6) is -0.486. The summed E-state index contributed by atoms with van der Waals surface area (Å²) >= 11 is 0. The number of amides is 1. The van der Waals surface area contributed by atoms with Crippen molar-refractivity contribution < 1.29 is 14.1 Å². The highest BCUT2D eigenvalue weighted by atomic mass is 16.6. The molecule has 0 radical (unpaired) electrons. The Morgan fingerprint density at radius 2 is 2.08 bits per heavy atom. The number of furan rings is 1. The van der Waals surface area contributed by atoms with Crippen molar-refractivity contribution in [2.24, 2.45) is 12.1 Å². The van der Waals surface area contributed by atoms with Crippen LogP contribution in [0.15, 0.2) is 58.2 Å². The number of carbonyl (C=O) groups is 1. The molecule has 9 nitrogen and oxygen atoms in total. The van der Waals surface area contributed by atoms with E-state index in [1.807, 2.05) is 6.07 Å². The molecule has 0 aliphatic heterocycles. The van der Waals surface area contributed by atoms with Gasteiger partial charge in [-0.2, -0.15) is 10.2 Å². The molecule has 0 bridgehead atoms. The Bertz CT molecular complexity index is 943. The lowest BCUT2D eigenvalue weighted by Crippen LogP contribution is -2.17. The first-order chi connectivity index (χ1) is 12.0. The van der Waals surface area contributed by atoms with Crippen molar-refractivity contribution >= 4 is 18.0 Å². The average molecular weight is 339 g/mol. The smallest absolute Gasteiger partial charge is 0.399 e. The first-order valence-corrected chi connectivity index (χ1v) is 7.21. The van der Waals surface area contributed by atoms with Gasteiger partial charge in [-0.25, -0.2) is 5.43 Å². The number of aryl methyl sites for hydroxylation is 1. The predicted octanol–water partition coefficient (Wildman–Crippen LogP) is 2.35. The largest absolute Gasteiger partial charge is 0.433 e. The number of hydrazone groups is 1. The van der Waals surface area contributed by atoms with Gasteiger partial charge >= 0.3 is 5.88 Å². The zero-order chi connectivity index (χ0) is 17.8. The number of aromatic nitrogens is 2. The Labute approximate surface area is 141 Å². The molecule has 0 atom stereocenters. The number of nitrogens with one attached hydrogen (secondary N) is 1. The van der Waals surface area contributed by atoms with Gasteiger partial charge in [0.2, 0.25) is 0 Å². The van der Waals surface area contributed by atoms with E-state index in [9.17, 15) is 14.9 Å². The fourth-order valence-corrected chi connectivity index (χ4v) is 2.16. The van der Waals surface area contributed by atoms with Gasteiger partial charge in [-0.15, -0.1) is 0 Å². The van der Waals surface area contributed by atoms with E-state index in [0.29, 0.717) is 16.8 Å². The first-order valence-electron chi connectivity index (χ1n) is 7.21. The molecule has 1 N–H and O–H groups in total. The molecule has 1 amide bonds. The Morgan fingerprint density at radius 1 is 1.32 bits per heavy atom. The first kappa shape index (κ1) is 16.1. The van der Waals surface area contributed by atoms with Crippen molar-refractivity contribution in [1.29, 1.82) is 0 Å². The zero-order valence-electron chi connectivity index (χ0n) is 13.1. The Balaban J connectivity index is 1.78. The molecule has 2 aromatic heterocycles. The number of hydrogen-bond acceptors (Lipinski definition) is 6. The van der Waals surface area contributed by atoms with Gasteiger partial charge in [-0.1, -0.05) is 18.2 Å². The van der Waals surface area contributed by atoms with E-state index < -0.39 is 4.92 Å². The van der Waals surface area contributed by atoms with Crippen LogP contribution in [0.4, 0.5) is 5.88 Å². The SMILES string of the molecule is Cn1cc(C=NNC(=O)c2ccccc2)c(-c2ccc([N+](=O)[O-])o2)n1. The van der Waals surface area contributed by atoms with E-state index in [4.69, 9.17) is 4.42 Å². The minimum Gasteiger partial charge on any atom is -0.399 e.